The number of hydrogen-bond acceptors (Lipinski definition) is 2. The standard InChI is InChI=1S/C17H28N2/c1-14(15-10-12-19-13-11-15)17(18-2)16-8-6-4-3-5-7-9-16/h10-14,16-18H,3-9H2,1-2H3. The van der Waals surface area contributed by atoms with E-state index in [1.807, 2.05) is 12.4 Å². The Labute approximate surface area is 118 Å². The fraction of sp³-hybridized carbons (Fsp3) is 0.706. The molecule has 1 saturated carbocycles. The van der Waals surface area contributed by atoms with Gasteiger partial charge in [-0.1, -0.05) is 39.0 Å². The fourth-order valence-corrected chi connectivity index (χ4v) is 3.62. The summed E-state index contributed by atoms with van der Waals surface area (Å²) in [6.07, 6.45) is 13.7. The predicted molar refractivity (Wildman–Crippen MR) is 81.3 cm³/mol. The van der Waals surface area contributed by atoms with Gasteiger partial charge in [0.15, 0.2) is 0 Å². The molecule has 0 aromatic carbocycles. The molecule has 2 rings (SSSR count). The van der Waals surface area contributed by atoms with Gasteiger partial charge in [0.05, 0.1) is 0 Å². The molecule has 0 bridgehead atoms. The molecule has 19 heavy (non-hydrogen) atoms. The predicted octanol–water partition coefficient (Wildman–Crippen LogP) is 4.13. The summed E-state index contributed by atoms with van der Waals surface area (Å²) in [5.74, 6) is 1.39. The van der Waals surface area contributed by atoms with Crippen LogP contribution in [0, 0.1) is 5.92 Å². The smallest absolute Gasteiger partial charge is 0.0270 e. The Morgan fingerprint density at radius 2 is 1.63 bits per heavy atom. The zero-order valence-corrected chi connectivity index (χ0v) is 12.4. The van der Waals surface area contributed by atoms with Crippen LogP contribution in [0.4, 0.5) is 0 Å². The second-order valence-corrected chi connectivity index (χ2v) is 5.99. The summed E-state index contributed by atoms with van der Waals surface area (Å²) in [4.78, 5) is 4.13. The van der Waals surface area contributed by atoms with Crippen LogP contribution in [0.3, 0.4) is 0 Å². The Bertz CT molecular complexity index is 342. The highest BCUT2D eigenvalue weighted by Crippen LogP contribution is 2.31. The first-order valence-corrected chi connectivity index (χ1v) is 7.90. The summed E-state index contributed by atoms with van der Waals surface area (Å²) in [7, 11) is 2.13. The molecule has 106 valence electrons. The quantitative estimate of drug-likeness (QED) is 0.880. The Kier molecular flexibility index (Phi) is 5.84. The van der Waals surface area contributed by atoms with Gasteiger partial charge in [0.1, 0.15) is 0 Å². The lowest BCUT2D eigenvalue weighted by atomic mass is 9.79. The molecule has 1 fully saturated rings. The van der Waals surface area contributed by atoms with Crippen molar-refractivity contribution in [1.82, 2.24) is 10.3 Å². The maximum atomic E-state index is 4.13. The minimum atomic E-state index is 0.567. The van der Waals surface area contributed by atoms with Crippen LogP contribution in [-0.4, -0.2) is 18.1 Å². The monoisotopic (exact) mass is 260 g/mol. The van der Waals surface area contributed by atoms with Crippen molar-refractivity contribution in [3.8, 4) is 0 Å². The summed E-state index contributed by atoms with van der Waals surface area (Å²) < 4.78 is 0. The Balaban J connectivity index is 2.05. The minimum absolute atomic E-state index is 0.567. The zero-order valence-electron chi connectivity index (χ0n) is 12.4. The van der Waals surface area contributed by atoms with Crippen LogP contribution in [0.1, 0.15) is 63.4 Å². The molecule has 2 nitrogen and oxygen atoms in total. The lowest BCUT2D eigenvalue weighted by Gasteiger charge is -2.33. The van der Waals surface area contributed by atoms with E-state index < -0.39 is 0 Å². The minimum Gasteiger partial charge on any atom is -0.316 e. The van der Waals surface area contributed by atoms with Crippen LogP contribution < -0.4 is 5.32 Å². The van der Waals surface area contributed by atoms with Crippen molar-refractivity contribution < 1.29 is 0 Å². The number of rotatable bonds is 4. The van der Waals surface area contributed by atoms with Gasteiger partial charge in [-0.15, -0.1) is 0 Å². The van der Waals surface area contributed by atoms with E-state index in [0.717, 1.165) is 5.92 Å². The zero-order chi connectivity index (χ0) is 13.5. The largest absolute Gasteiger partial charge is 0.316 e. The second kappa shape index (κ2) is 7.64. The maximum Gasteiger partial charge on any atom is 0.0270 e. The van der Waals surface area contributed by atoms with Crippen molar-refractivity contribution in [2.75, 3.05) is 7.05 Å². The number of nitrogens with zero attached hydrogens (tertiary/aromatic N) is 1. The van der Waals surface area contributed by atoms with Crippen molar-refractivity contribution in [2.45, 2.75) is 63.8 Å². The molecule has 2 unspecified atom stereocenters. The lowest BCUT2D eigenvalue weighted by molar-refractivity contribution is 0.270. The van der Waals surface area contributed by atoms with Gasteiger partial charge in [0.25, 0.3) is 0 Å². The molecule has 1 aromatic heterocycles. The molecule has 2 atom stereocenters. The van der Waals surface area contributed by atoms with E-state index in [0.29, 0.717) is 12.0 Å². The average molecular weight is 260 g/mol. The number of likely N-dealkylation sites (N-methyl/N-ethyl adjacent to an activating group) is 1. The fourth-order valence-electron chi connectivity index (χ4n) is 3.62. The first-order valence-electron chi connectivity index (χ1n) is 7.90. The van der Waals surface area contributed by atoms with E-state index in [1.54, 1.807) is 0 Å². The number of aromatic nitrogens is 1. The summed E-state index contributed by atoms with van der Waals surface area (Å²) in [6, 6.07) is 4.93. The summed E-state index contributed by atoms with van der Waals surface area (Å²) in [6.45, 7) is 2.36. The normalized spacial score (nSPS) is 21.4. The molecule has 0 saturated heterocycles. The third kappa shape index (κ3) is 4.04. The molecule has 1 N–H and O–H groups in total. The third-order valence-corrected chi connectivity index (χ3v) is 4.76. The molecule has 0 aliphatic heterocycles. The molecular formula is C17H28N2. The van der Waals surface area contributed by atoms with E-state index in [2.05, 4.69) is 36.4 Å². The Morgan fingerprint density at radius 1 is 1.05 bits per heavy atom. The van der Waals surface area contributed by atoms with Gasteiger partial charge in [-0.2, -0.15) is 0 Å². The summed E-state index contributed by atoms with van der Waals surface area (Å²) >= 11 is 0. The SMILES string of the molecule is CNC(C1CCCCCCC1)C(C)c1ccncc1. The molecule has 0 radical (unpaired) electrons. The van der Waals surface area contributed by atoms with E-state index in [1.165, 1.54) is 50.5 Å². The molecule has 1 aliphatic carbocycles. The van der Waals surface area contributed by atoms with Crippen molar-refractivity contribution in [1.29, 1.82) is 0 Å². The van der Waals surface area contributed by atoms with Crippen LogP contribution in [0.5, 0.6) is 0 Å². The maximum absolute atomic E-state index is 4.13. The number of nitrogens with one attached hydrogen (secondary N) is 1. The van der Waals surface area contributed by atoms with Gasteiger partial charge in [-0.3, -0.25) is 4.98 Å². The van der Waals surface area contributed by atoms with Gasteiger partial charge in [-0.05, 0) is 49.4 Å². The average Bonchev–Trinajstić information content (AvgIpc) is 2.42. The first kappa shape index (κ1) is 14.5. The van der Waals surface area contributed by atoms with Gasteiger partial charge < -0.3 is 5.32 Å². The van der Waals surface area contributed by atoms with Crippen molar-refractivity contribution >= 4 is 0 Å². The lowest BCUT2D eigenvalue weighted by Crippen LogP contribution is -2.38. The Hall–Kier alpha value is -0.890. The Morgan fingerprint density at radius 3 is 2.21 bits per heavy atom. The highest BCUT2D eigenvalue weighted by atomic mass is 14.9. The van der Waals surface area contributed by atoms with Crippen LogP contribution in [0.2, 0.25) is 0 Å². The van der Waals surface area contributed by atoms with Crippen molar-refractivity contribution in [2.24, 2.45) is 5.92 Å². The van der Waals surface area contributed by atoms with Crippen LogP contribution >= 0.6 is 0 Å². The molecule has 1 aliphatic rings. The van der Waals surface area contributed by atoms with Crippen molar-refractivity contribution in [3.05, 3.63) is 30.1 Å². The number of pyridine rings is 1. The van der Waals surface area contributed by atoms with Gasteiger partial charge >= 0.3 is 0 Å². The van der Waals surface area contributed by atoms with Gasteiger partial charge in [0, 0.05) is 18.4 Å². The van der Waals surface area contributed by atoms with Gasteiger partial charge in [-0.25, -0.2) is 0 Å². The van der Waals surface area contributed by atoms with E-state index >= 15 is 0 Å². The van der Waals surface area contributed by atoms with Gasteiger partial charge in [0.2, 0.25) is 0 Å². The van der Waals surface area contributed by atoms with Crippen LogP contribution in [0.25, 0.3) is 0 Å². The molecule has 0 spiro atoms. The molecule has 2 heteroatoms. The highest BCUT2D eigenvalue weighted by Gasteiger charge is 2.26. The summed E-state index contributed by atoms with van der Waals surface area (Å²) in [5, 5.41) is 3.60. The molecule has 1 aromatic rings. The highest BCUT2D eigenvalue weighted by molar-refractivity contribution is 5.17. The first-order chi connectivity index (χ1) is 9.33. The van der Waals surface area contributed by atoms with E-state index in [9.17, 15) is 0 Å². The second-order valence-electron chi connectivity index (χ2n) is 5.99. The third-order valence-electron chi connectivity index (χ3n) is 4.76. The van der Waals surface area contributed by atoms with Crippen LogP contribution in [0.15, 0.2) is 24.5 Å². The van der Waals surface area contributed by atoms with E-state index in [-0.39, 0.29) is 0 Å². The molecule has 0 amide bonds. The van der Waals surface area contributed by atoms with E-state index in [4.69, 9.17) is 0 Å². The topological polar surface area (TPSA) is 24.9 Å². The molecule has 1 heterocycles. The van der Waals surface area contributed by atoms with Crippen molar-refractivity contribution in [3.63, 3.8) is 0 Å². The van der Waals surface area contributed by atoms with Crippen LogP contribution in [-0.2, 0) is 0 Å². The molecular weight excluding hydrogens is 232 g/mol. The summed E-state index contributed by atoms with van der Waals surface area (Å²) in [5.41, 5.74) is 1.41. The number of hydrogen-bond donors (Lipinski definition) is 1.